The lowest BCUT2D eigenvalue weighted by molar-refractivity contribution is 0.0712. The van der Waals surface area contributed by atoms with Crippen LogP contribution in [0.5, 0.6) is 0 Å². The minimum Gasteiger partial charge on any atom is -0.334 e. The van der Waals surface area contributed by atoms with E-state index in [1.54, 1.807) is 35.1 Å². The zero-order valence-corrected chi connectivity index (χ0v) is 14.0. The van der Waals surface area contributed by atoms with E-state index in [9.17, 15) is 13.2 Å². The lowest BCUT2D eigenvalue weighted by Gasteiger charge is -2.33. The molecule has 2 aromatic rings. The molecule has 2 heterocycles. The molecule has 1 saturated heterocycles. The molecule has 0 spiro atoms. The van der Waals surface area contributed by atoms with Gasteiger partial charge in [0.2, 0.25) is 0 Å². The summed E-state index contributed by atoms with van der Waals surface area (Å²) in [6.45, 7) is 3.94. The molecule has 23 heavy (non-hydrogen) atoms. The smallest absolute Gasteiger partial charge is 0.256 e. The van der Waals surface area contributed by atoms with Gasteiger partial charge in [-0.15, -0.1) is 0 Å². The highest BCUT2D eigenvalue weighted by molar-refractivity contribution is 7.91. The third kappa shape index (κ3) is 3.14. The fourth-order valence-corrected chi connectivity index (χ4v) is 4.46. The Labute approximate surface area is 135 Å². The molecule has 1 aliphatic heterocycles. The SMILES string of the molecule is Cc1ccc(-n2ccnc2)c(C(=O)N2CCS(=O)(=O)C[C@H]2C)c1. The van der Waals surface area contributed by atoms with Crippen molar-refractivity contribution < 1.29 is 13.2 Å². The number of nitrogens with zero attached hydrogens (tertiary/aromatic N) is 3. The highest BCUT2D eigenvalue weighted by Gasteiger charge is 2.32. The van der Waals surface area contributed by atoms with Gasteiger partial charge in [-0.05, 0) is 26.0 Å². The second-order valence-corrected chi connectivity index (χ2v) is 8.18. The molecule has 1 aromatic carbocycles. The Morgan fingerprint density at radius 3 is 2.78 bits per heavy atom. The van der Waals surface area contributed by atoms with Gasteiger partial charge in [0, 0.05) is 25.0 Å². The minimum atomic E-state index is -3.05. The molecule has 6 nitrogen and oxygen atoms in total. The molecule has 1 atom stereocenters. The van der Waals surface area contributed by atoms with Gasteiger partial charge in [-0.3, -0.25) is 4.79 Å². The van der Waals surface area contributed by atoms with E-state index >= 15 is 0 Å². The monoisotopic (exact) mass is 333 g/mol. The zero-order valence-electron chi connectivity index (χ0n) is 13.1. The first-order valence-electron chi connectivity index (χ1n) is 7.48. The van der Waals surface area contributed by atoms with Crippen molar-refractivity contribution in [1.82, 2.24) is 14.5 Å². The maximum absolute atomic E-state index is 13.0. The standard InChI is InChI=1S/C16H19N3O3S/c1-12-3-4-15(18-6-5-17-11-18)14(9-12)16(20)19-7-8-23(21,22)10-13(19)2/h3-6,9,11,13H,7-8,10H2,1-2H3/t13-/m1/s1. The van der Waals surface area contributed by atoms with E-state index in [1.165, 1.54) is 0 Å². The molecule has 0 radical (unpaired) electrons. The Morgan fingerprint density at radius 2 is 2.13 bits per heavy atom. The van der Waals surface area contributed by atoms with Crippen molar-refractivity contribution in [3.8, 4) is 5.69 Å². The summed E-state index contributed by atoms with van der Waals surface area (Å²) in [6, 6.07) is 5.34. The third-order valence-corrected chi connectivity index (χ3v) is 5.89. The summed E-state index contributed by atoms with van der Waals surface area (Å²) in [5, 5.41) is 0. The van der Waals surface area contributed by atoms with Crippen LogP contribution in [0.25, 0.3) is 5.69 Å². The maximum atomic E-state index is 13.0. The summed E-state index contributed by atoms with van der Waals surface area (Å²) in [4.78, 5) is 18.7. The number of amides is 1. The molecule has 0 N–H and O–H groups in total. The van der Waals surface area contributed by atoms with E-state index < -0.39 is 9.84 Å². The number of aryl methyl sites for hydroxylation is 1. The van der Waals surface area contributed by atoms with E-state index in [-0.39, 0.29) is 30.0 Å². The van der Waals surface area contributed by atoms with Gasteiger partial charge in [-0.2, -0.15) is 0 Å². The van der Waals surface area contributed by atoms with E-state index in [1.807, 2.05) is 25.1 Å². The molecule has 1 amide bonds. The van der Waals surface area contributed by atoms with E-state index in [4.69, 9.17) is 0 Å². The van der Waals surface area contributed by atoms with E-state index in [0.29, 0.717) is 5.56 Å². The highest BCUT2D eigenvalue weighted by atomic mass is 32.2. The number of carbonyl (C=O) groups excluding carboxylic acids is 1. The Morgan fingerprint density at radius 1 is 1.35 bits per heavy atom. The van der Waals surface area contributed by atoms with Crippen LogP contribution >= 0.6 is 0 Å². The predicted octanol–water partition coefficient (Wildman–Crippen LogP) is 1.44. The first-order valence-corrected chi connectivity index (χ1v) is 9.30. The highest BCUT2D eigenvalue weighted by Crippen LogP contribution is 2.21. The van der Waals surface area contributed by atoms with Gasteiger partial charge >= 0.3 is 0 Å². The van der Waals surface area contributed by atoms with Crippen molar-refractivity contribution in [3.63, 3.8) is 0 Å². The van der Waals surface area contributed by atoms with Crippen molar-refractivity contribution in [3.05, 3.63) is 48.0 Å². The fourth-order valence-electron chi connectivity index (χ4n) is 2.90. The van der Waals surface area contributed by atoms with E-state index in [0.717, 1.165) is 11.3 Å². The largest absolute Gasteiger partial charge is 0.334 e. The van der Waals surface area contributed by atoms with E-state index in [2.05, 4.69) is 4.98 Å². The summed E-state index contributed by atoms with van der Waals surface area (Å²) in [6.07, 6.45) is 5.08. The number of carbonyl (C=O) groups is 1. The molecule has 0 saturated carbocycles. The van der Waals surface area contributed by atoms with Crippen LogP contribution in [0.2, 0.25) is 0 Å². The van der Waals surface area contributed by atoms with Crippen LogP contribution in [-0.2, 0) is 9.84 Å². The fraction of sp³-hybridized carbons (Fsp3) is 0.375. The van der Waals surface area contributed by atoms with Gasteiger partial charge in [0.1, 0.15) is 0 Å². The lowest BCUT2D eigenvalue weighted by Crippen LogP contribution is -2.49. The normalized spacial score (nSPS) is 20.4. The number of hydrogen-bond acceptors (Lipinski definition) is 4. The Bertz CT molecular complexity index is 828. The Kier molecular flexibility index (Phi) is 3.97. The second-order valence-electron chi connectivity index (χ2n) is 5.95. The van der Waals surface area contributed by atoms with Gasteiger partial charge in [-0.1, -0.05) is 11.6 Å². The van der Waals surface area contributed by atoms with Crippen LogP contribution in [0.1, 0.15) is 22.8 Å². The molecule has 7 heteroatoms. The van der Waals surface area contributed by atoms with Crippen LogP contribution < -0.4 is 0 Å². The van der Waals surface area contributed by atoms with Crippen LogP contribution in [0, 0.1) is 6.92 Å². The molecule has 0 unspecified atom stereocenters. The molecule has 1 aromatic heterocycles. The molecule has 1 aliphatic rings. The van der Waals surface area contributed by atoms with Crippen molar-refractivity contribution in [2.24, 2.45) is 0 Å². The molecular weight excluding hydrogens is 314 g/mol. The average Bonchev–Trinajstić information content (AvgIpc) is 2.99. The van der Waals surface area contributed by atoms with Crippen LogP contribution in [0.4, 0.5) is 0 Å². The quantitative estimate of drug-likeness (QED) is 0.834. The number of sulfone groups is 1. The topological polar surface area (TPSA) is 72.3 Å². The van der Waals surface area contributed by atoms with Gasteiger partial charge < -0.3 is 9.47 Å². The zero-order chi connectivity index (χ0) is 16.6. The first kappa shape index (κ1) is 15.7. The first-order chi connectivity index (χ1) is 10.9. The predicted molar refractivity (Wildman–Crippen MR) is 87.5 cm³/mol. The summed E-state index contributed by atoms with van der Waals surface area (Å²) < 4.78 is 25.2. The van der Waals surface area contributed by atoms with Crippen molar-refractivity contribution in [2.45, 2.75) is 19.9 Å². The Hall–Kier alpha value is -2.15. The van der Waals surface area contributed by atoms with Crippen LogP contribution in [0.3, 0.4) is 0 Å². The number of aromatic nitrogens is 2. The lowest BCUT2D eigenvalue weighted by atomic mass is 10.1. The number of benzene rings is 1. The van der Waals surface area contributed by atoms with Gasteiger partial charge in [0.25, 0.3) is 5.91 Å². The van der Waals surface area contributed by atoms with Gasteiger partial charge in [0.05, 0.1) is 29.1 Å². The van der Waals surface area contributed by atoms with Crippen molar-refractivity contribution >= 4 is 15.7 Å². The maximum Gasteiger partial charge on any atom is 0.256 e. The van der Waals surface area contributed by atoms with Crippen LogP contribution in [-0.4, -0.2) is 52.9 Å². The summed E-state index contributed by atoms with van der Waals surface area (Å²) >= 11 is 0. The number of hydrogen-bond donors (Lipinski definition) is 0. The third-order valence-electron chi connectivity index (χ3n) is 4.10. The number of rotatable bonds is 2. The van der Waals surface area contributed by atoms with Crippen LogP contribution in [0.15, 0.2) is 36.9 Å². The molecule has 3 rings (SSSR count). The van der Waals surface area contributed by atoms with Crippen molar-refractivity contribution in [1.29, 1.82) is 0 Å². The van der Waals surface area contributed by atoms with Gasteiger partial charge in [0.15, 0.2) is 9.84 Å². The summed E-state index contributed by atoms with van der Waals surface area (Å²) in [5.41, 5.74) is 2.29. The molecular formula is C16H19N3O3S. The van der Waals surface area contributed by atoms with Gasteiger partial charge in [-0.25, -0.2) is 13.4 Å². The van der Waals surface area contributed by atoms with Crippen molar-refractivity contribution in [2.75, 3.05) is 18.1 Å². The molecule has 0 bridgehead atoms. The molecule has 122 valence electrons. The number of imidazole rings is 1. The average molecular weight is 333 g/mol. The Balaban J connectivity index is 1.98. The minimum absolute atomic E-state index is 0.0188. The molecule has 1 fully saturated rings. The summed E-state index contributed by atoms with van der Waals surface area (Å²) in [7, 11) is -3.05. The molecule has 0 aliphatic carbocycles. The second kappa shape index (κ2) is 5.81. The summed E-state index contributed by atoms with van der Waals surface area (Å²) in [5.74, 6) is -0.0971.